The van der Waals surface area contributed by atoms with E-state index in [9.17, 15) is 0 Å². The Morgan fingerprint density at radius 1 is 1.00 bits per heavy atom. The molecule has 5 heteroatoms. The number of hydrogen-bond donors (Lipinski definition) is 1. The number of nitrogens with one attached hydrogen (secondary N) is 1. The lowest BCUT2D eigenvalue weighted by Crippen LogP contribution is -1.99. The van der Waals surface area contributed by atoms with Gasteiger partial charge in [-0.15, -0.1) is 0 Å². The van der Waals surface area contributed by atoms with Crippen molar-refractivity contribution >= 4 is 16.7 Å². The molecule has 118 valence electrons. The molecule has 1 N–H and O–H groups in total. The van der Waals surface area contributed by atoms with E-state index in [2.05, 4.69) is 15.3 Å². The van der Waals surface area contributed by atoms with Gasteiger partial charge in [-0.25, -0.2) is 9.97 Å². The summed E-state index contributed by atoms with van der Waals surface area (Å²) in [6.45, 7) is 1.94. The SMILES string of the molecule is CNc1nc(-c2cccnc2)nc2cc(-c3ccc(C)o3)ccc12. The third kappa shape index (κ3) is 2.50. The molecule has 1 aromatic carbocycles. The summed E-state index contributed by atoms with van der Waals surface area (Å²) in [4.78, 5) is 13.5. The van der Waals surface area contributed by atoms with Crippen molar-refractivity contribution in [3.05, 3.63) is 60.6 Å². The van der Waals surface area contributed by atoms with Crippen molar-refractivity contribution in [3.8, 4) is 22.7 Å². The summed E-state index contributed by atoms with van der Waals surface area (Å²) in [5.41, 5.74) is 2.74. The topological polar surface area (TPSA) is 63.8 Å². The van der Waals surface area contributed by atoms with Crippen LogP contribution in [-0.4, -0.2) is 22.0 Å². The quantitative estimate of drug-likeness (QED) is 0.610. The highest BCUT2D eigenvalue weighted by atomic mass is 16.3. The average molecular weight is 316 g/mol. The summed E-state index contributed by atoms with van der Waals surface area (Å²) in [5.74, 6) is 3.16. The van der Waals surface area contributed by atoms with E-state index in [0.717, 1.165) is 39.4 Å². The molecule has 0 aliphatic heterocycles. The fourth-order valence-electron chi connectivity index (χ4n) is 2.69. The van der Waals surface area contributed by atoms with E-state index in [1.165, 1.54) is 0 Å². The van der Waals surface area contributed by atoms with Gasteiger partial charge < -0.3 is 9.73 Å². The summed E-state index contributed by atoms with van der Waals surface area (Å²) in [6.07, 6.45) is 3.50. The highest BCUT2D eigenvalue weighted by molar-refractivity contribution is 5.93. The van der Waals surface area contributed by atoms with Crippen LogP contribution in [0.2, 0.25) is 0 Å². The Balaban J connectivity index is 1.91. The molecule has 24 heavy (non-hydrogen) atoms. The monoisotopic (exact) mass is 316 g/mol. The van der Waals surface area contributed by atoms with Gasteiger partial charge in [0.15, 0.2) is 5.82 Å². The zero-order valence-corrected chi connectivity index (χ0v) is 13.4. The molecule has 0 spiro atoms. The Kier molecular flexibility index (Phi) is 3.46. The first-order chi connectivity index (χ1) is 11.7. The van der Waals surface area contributed by atoms with E-state index in [1.54, 1.807) is 12.4 Å². The largest absolute Gasteiger partial charge is 0.461 e. The van der Waals surface area contributed by atoms with Gasteiger partial charge in [0, 0.05) is 36.0 Å². The van der Waals surface area contributed by atoms with Crippen molar-refractivity contribution in [1.29, 1.82) is 0 Å². The van der Waals surface area contributed by atoms with Crippen LogP contribution in [0.15, 0.2) is 59.3 Å². The van der Waals surface area contributed by atoms with E-state index < -0.39 is 0 Å². The van der Waals surface area contributed by atoms with Gasteiger partial charge in [0.05, 0.1) is 5.52 Å². The fourth-order valence-corrected chi connectivity index (χ4v) is 2.69. The van der Waals surface area contributed by atoms with Crippen LogP contribution in [0.4, 0.5) is 5.82 Å². The number of benzene rings is 1. The Hall–Kier alpha value is -3.21. The van der Waals surface area contributed by atoms with Gasteiger partial charge >= 0.3 is 0 Å². The van der Waals surface area contributed by atoms with Crippen molar-refractivity contribution in [1.82, 2.24) is 15.0 Å². The van der Waals surface area contributed by atoms with Crippen LogP contribution in [-0.2, 0) is 0 Å². The van der Waals surface area contributed by atoms with Gasteiger partial charge in [0.2, 0.25) is 0 Å². The Morgan fingerprint density at radius 2 is 1.92 bits per heavy atom. The molecule has 0 amide bonds. The summed E-state index contributed by atoms with van der Waals surface area (Å²) in [5, 5.41) is 4.12. The molecule has 0 radical (unpaired) electrons. The molecule has 0 unspecified atom stereocenters. The van der Waals surface area contributed by atoms with Crippen LogP contribution in [0.25, 0.3) is 33.6 Å². The molecule has 5 nitrogen and oxygen atoms in total. The lowest BCUT2D eigenvalue weighted by atomic mass is 10.1. The van der Waals surface area contributed by atoms with E-state index in [1.807, 2.05) is 56.4 Å². The predicted molar refractivity (Wildman–Crippen MR) is 94.8 cm³/mol. The molecular formula is C19H16N4O. The van der Waals surface area contributed by atoms with Gasteiger partial charge in [-0.3, -0.25) is 4.98 Å². The number of fused-ring (bicyclic) bond motifs is 1. The first kappa shape index (κ1) is 14.4. The molecule has 0 atom stereocenters. The normalized spacial score (nSPS) is 10.9. The molecule has 4 rings (SSSR count). The van der Waals surface area contributed by atoms with Gasteiger partial charge in [-0.2, -0.15) is 0 Å². The van der Waals surface area contributed by atoms with Crippen LogP contribution in [0.5, 0.6) is 0 Å². The second-order valence-corrected chi connectivity index (χ2v) is 5.53. The molecular weight excluding hydrogens is 300 g/mol. The van der Waals surface area contributed by atoms with Crippen molar-refractivity contribution in [3.63, 3.8) is 0 Å². The van der Waals surface area contributed by atoms with Crippen molar-refractivity contribution in [2.45, 2.75) is 6.92 Å². The summed E-state index contributed by atoms with van der Waals surface area (Å²) < 4.78 is 5.72. The Labute approximate surface area is 139 Å². The number of nitrogens with zero attached hydrogens (tertiary/aromatic N) is 3. The van der Waals surface area contributed by atoms with Crippen LogP contribution < -0.4 is 5.32 Å². The summed E-state index contributed by atoms with van der Waals surface area (Å²) in [7, 11) is 1.86. The number of furan rings is 1. The maximum atomic E-state index is 5.72. The Bertz CT molecular complexity index is 1010. The number of pyridine rings is 1. The zero-order valence-electron chi connectivity index (χ0n) is 13.4. The first-order valence-electron chi connectivity index (χ1n) is 7.71. The minimum atomic E-state index is 0.646. The van der Waals surface area contributed by atoms with Crippen molar-refractivity contribution in [2.75, 3.05) is 12.4 Å². The standard InChI is InChI=1S/C19H16N4O/c1-12-5-8-17(24-12)13-6-7-15-16(10-13)22-18(23-19(15)20-2)14-4-3-9-21-11-14/h3-11H,1-2H3,(H,20,22,23). The highest BCUT2D eigenvalue weighted by Gasteiger charge is 2.11. The summed E-state index contributed by atoms with van der Waals surface area (Å²) in [6, 6.07) is 13.8. The molecule has 4 aromatic rings. The lowest BCUT2D eigenvalue weighted by Gasteiger charge is -2.09. The second-order valence-electron chi connectivity index (χ2n) is 5.53. The molecule has 0 fully saturated rings. The van der Waals surface area contributed by atoms with E-state index in [0.29, 0.717) is 5.82 Å². The fraction of sp³-hybridized carbons (Fsp3) is 0.105. The number of hydrogen-bond acceptors (Lipinski definition) is 5. The average Bonchev–Trinajstić information content (AvgIpc) is 3.07. The molecule has 3 heterocycles. The lowest BCUT2D eigenvalue weighted by molar-refractivity contribution is 0.548. The van der Waals surface area contributed by atoms with Crippen LogP contribution in [0, 0.1) is 6.92 Å². The molecule has 3 aromatic heterocycles. The number of anilines is 1. The van der Waals surface area contributed by atoms with Crippen LogP contribution >= 0.6 is 0 Å². The second kappa shape index (κ2) is 5.77. The maximum absolute atomic E-state index is 5.72. The molecule has 0 saturated heterocycles. The molecule has 0 bridgehead atoms. The molecule has 0 saturated carbocycles. The highest BCUT2D eigenvalue weighted by Crippen LogP contribution is 2.29. The van der Waals surface area contributed by atoms with E-state index in [4.69, 9.17) is 9.40 Å². The predicted octanol–water partition coefficient (Wildman–Crippen LogP) is 4.30. The minimum Gasteiger partial charge on any atom is -0.461 e. The van der Waals surface area contributed by atoms with Gasteiger partial charge in [-0.1, -0.05) is 6.07 Å². The Morgan fingerprint density at radius 3 is 2.62 bits per heavy atom. The maximum Gasteiger partial charge on any atom is 0.163 e. The minimum absolute atomic E-state index is 0.646. The van der Waals surface area contributed by atoms with Gasteiger partial charge in [-0.05, 0) is 43.3 Å². The van der Waals surface area contributed by atoms with Crippen LogP contribution in [0.1, 0.15) is 5.76 Å². The number of aryl methyl sites for hydroxylation is 1. The number of aromatic nitrogens is 3. The third-order valence-electron chi connectivity index (χ3n) is 3.88. The molecule has 0 aliphatic rings. The first-order valence-corrected chi connectivity index (χ1v) is 7.71. The van der Waals surface area contributed by atoms with E-state index in [-0.39, 0.29) is 0 Å². The van der Waals surface area contributed by atoms with Gasteiger partial charge in [0.1, 0.15) is 17.3 Å². The van der Waals surface area contributed by atoms with Crippen molar-refractivity contribution in [2.24, 2.45) is 0 Å². The van der Waals surface area contributed by atoms with Crippen LogP contribution in [0.3, 0.4) is 0 Å². The summed E-state index contributed by atoms with van der Waals surface area (Å²) >= 11 is 0. The smallest absolute Gasteiger partial charge is 0.163 e. The van der Waals surface area contributed by atoms with Crippen molar-refractivity contribution < 1.29 is 4.42 Å². The third-order valence-corrected chi connectivity index (χ3v) is 3.88. The van der Waals surface area contributed by atoms with E-state index >= 15 is 0 Å². The number of rotatable bonds is 3. The van der Waals surface area contributed by atoms with Gasteiger partial charge in [0.25, 0.3) is 0 Å². The zero-order chi connectivity index (χ0) is 16.5. The molecule has 0 aliphatic carbocycles.